The second-order valence-corrected chi connectivity index (χ2v) is 3.72. The molecule has 4 N–H and O–H groups in total. The molecule has 1 rings (SSSR count). The molecule has 0 saturated heterocycles. The van der Waals surface area contributed by atoms with E-state index in [0.29, 0.717) is 12.5 Å². The molecule has 0 bridgehead atoms. The van der Waals surface area contributed by atoms with Gasteiger partial charge in [-0.2, -0.15) is 0 Å². The standard InChI is InChI=1S/C9H18N2O/c10-6-7-3-1-2-4-8(5-7)9(11)12/h7-8H,1-6,10H2,(H2,11,12). The maximum atomic E-state index is 11.0. The molecular formula is C9H18N2O. The quantitative estimate of drug-likeness (QED) is 0.597. The molecule has 2 atom stereocenters. The van der Waals surface area contributed by atoms with Crippen LogP contribution >= 0.6 is 0 Å². The molecule has 1 saturated carbocycles. The smallest absolute Gasteiger partial charge is 0.220 e. The van der Waals surface area contributed by atoms with Gasteiger partial charge in [0.05, 0.1) is 0 Å². The lowest BCUT2D eigenvalue weighted by molar-refractivity contribution is -0.122. The minimum absolute atomic E-state index is 0.0843. The first-order chi connectivity index (χ1) is 5.74. The molecule has 0 aromatic carbocycles. The minimum Gasteiger partial charge on any atom is -0.369 e. The van der Waals surface area contributed by atoms with Crippen molar-refractivity contribution in [2.24, 2.45) is 23.3 Å². The van der Waals surface area contributed by atoms with Gasteiger partial charge < -0.3 is 11.5 Å². The number of hydrogen-bond donors (Lipinski definition) is 2. The zero-order valence-corrected chi connectivity index (χ0v) is 7.46. The summed E-state index contributed by atoms with van der Waals surface area (Å²) in [4.78, 5) is 11.0. The Balaban J connectivity index is 2.47. The van der Waals surface area contributed by atoms with E-state index in [1.165, 1.54) is 12.8 Å². The van der Waals surface area contributed by atoms with Crippen molar-refractivity contribution in [1.29, 1.82) is 0 Å². The van der Waals surface area contributed by atoms with Crippen molar-refractivity contribution in [3.63, 3.8) is 0 Å². The molecule has 0 heterocycles. The van der Waals surface area contributed by atoms with Crippen LogP contribution in [0.5, 0.6) is 0 Å². The van der Waals surface area contributed by atoms with Crippen LogP contribution in [0, 0.1) is 11.8 Å². The first-order valence-electron chi connectivity index (χ1n) is 4.73. The Bertz CT molecular complexity index is 159. The molecule has 2 unspecified atom stereocenters. The molecule has 1 aliphatic rings. The van der Waals surface area contributed by atoms with Gasteiger partial charge in [0.15, 0.2) is 0 Å². The Morgan fingerprint density at radius 1 is 1.33 bits per heavy atom. The highest BCUT2D eigenvalue weighted by Gasteiger charge is 2.22. The van der Waals surface area contributed by atoms with Gasteiger partial charge in [0.1, 0.15) is 0 Å². The summed E-state index contributed by atoms with van der Waals surface area (Å²) >= 11 is 0. The highest BCUT2D eigenvalue weighted by molar-refractivity contribution is 5.76. The zero-order chi connectivity index (χ0) is 8.97. The second-order valence-electron chi connectivity index (χ2n) is 3.72. The molecule has 12 heavy (non-hydrogen) atoms. The molecule has 3 heteroatoms. The van der Waals surface area contributed by atoms with Crippen molar-refractivity contribution in [1.82, 2.24) is 0 Å². The van der Waals surface area contributed by atoms with Crippen molar-refractivity contribution in [3.05, 3.63) is 0 Å². The number of carbonyl (C=O) groups excluding carboxylic acids is 1. The average Bonchev–Trinajstić information content (AvgIpc) is 2.28. The predicted octanol–water partition coefficient (Wildman–Crippen LogP) is 0.627. The fourth-order valence-corrected chi connectivity index (χ4v) is 1.93. The predicted molar refractivity (Wildman–Crippen MR) is 48.3 cm³/mol. The second kappa shape index (κ2) is 4.45. The van der Waals surface area contributed by atoms with Gasteiger partial charge in [0, 0.05) is 5.92 Å². The van der Waals surface area contributed by atoms with Crippen LogP contribution in [0.3, 0.4) is 0 Å². The monoisotopic (exact) mass is 170 g/mol. The first kappa shape index (κ1) is 9.52. The third-order valence-electron chi connectivity index (χ3n) is 2.77. The van der Waals surface area contributed by atoms with Gasteiger partial charge >= 0.3 is 0 Å². The van der Waals surface area contributed by atoms with E-state index in [1.54, 1.807) is 0 Å². The first-order valence-corrected chi connectivity index (χ1v) is 4.73. The van der Waals surface area contributed by atoms with E-state index in [1.807, 2.05) is 0 Å². The van der Waals surface area contributed by atoms with Crippen molar-refractivity contribution < 1.29 is 4.79 Å². The van der Waals surface area contributed by atoms with Gasteiger partial charge in [0.25, 0.3) is 0 Å². The van der Waals surface area contributed by atoms with E-state index >= 15 is 0 Å². The van der Waals surface area contributed by atoms with Crippen molar-refractivity contribution in [2.45, 2.75) is 32.1 Å². The third kappa shape index (κ3) is 2.48. The molecule has 1 aliphatic carbocycles. The van der Waals surface area contributed by atoms with Crippen molar-refractivity contribution in [3.8, 4) is 0 Å². The summed E-state index contributed by atoms with van der Waals surface area (Å²) in [5, 5.41) is 0. The van der Waals surface area contributed by atoms with Crippen molar-refractivity contribution >= 4 is 5.91 Å². The Morgan fingerprint density at radius 3 is 2.58 bits per heavy atom. The van der Waals surface area contributed by atoms with Crippen LogP contribution in [-0.2, 0) is 4.79 Å². The van der Waals surface area contributed by atoms with E-state index in [2.05, 4.69) is 0 Å². The lowest BCUT2D eigenvalue weighted by atomic mass is 9.93. The van der Waals surface area contributed by atoms with Crippen LogP contribution in [0.1, 0.15) is 32.1 Å². The zero-order valence-electron chi connectivity index (χ0n) is 7.46. The number of nitrogens with two attached hydrogens (primary N) is 2. The van der Waals surface area contributed by atoms with Gasteiger partial charge in [-0.1, -0.05) is 12.8 Å². The van der Waals surface area contributed by atoms with Crippen LogP contribution in [0.2, 0.25) is 0 Å². The van der Waals surface area contributed by atoms with Gasteiger partial charge in [0.2, 0.25) is 5.91 Å². The molecule has 1 amide bonds. The summed E-state index contributed by atoms with van der Waals surface area (Å²) in [6.07, 6.45) is 5.37. The van der Waals surface area contributed by atoms with E-state index < -0.39 is 0 Å². The fraction of sp³-hybridized carbons (Fsp3) is 0.889. The summed E-state index contributed by atoms with van der Waals surface area (Å²) in [6, 6.07) is 0. The number of primary amides is 1. The van der Waals surface area contributed by atoms with E-state index in [-0.39, 0.29) is 11.8 Å². The maximum Gasteiger partial charge on any atom is 0.220 e. The molecular weight excluding hydrogens is 152 g/mol. The van der Waals surface area contributed by atoms with Crippen LogP contribution in [0.15, 0.2) is 0 Å². The molecule has 3 nitrogen and oxygen atoms in total. The van der Waals surface area contributed by atoms with Crippen LogP contribution in [-0.4, -0.2) is 12.5 Å². The summed E-state index contributed by atoms with van der Waals surface area (Å²) in [5.74, 6) is 0.460. The number of rotatable bonds is 2. The Hall–Kier alpha value is -0.570. The molecule has 0 aromatic heterocycles. The number of amides is 1. The average molecular weight is 170 g/mol. The summed E-state index contributed by atoms with van der Waals surface area (Å²) in [6.45, 7) is 0.698. The number of carbonyl (C=O) groups is 1. The van der Waals surface area contributed by atoms with Gasteiger partial charge in [-0.25, -0.2) is 0 Å². The fourth-order valence-electron chi connectivity index (χ4n) is 1.93. The SMILES string of the molecule is NCC1CCCCC(C(N)=O)C1. The lowest BCUT2D eigenvalue weighted by Gasteiger charge is -2.15. The molecule has 0 radical (unpaired) electrons. The Labute approximate surface area is 73.5 Å². The highest BCUT2D eigenvalue weighted by atomic mass is 16.1. The topological polar surface area (TPSA) is 69.1 Å². The highest BCUT2D eigenvalue weighted by Crippen LogP contribution is 2.26. The molecule has 0 aliphatic heterocycles. The lowest BCUT2D eigenvalue weighted by Crippen LogP contribution is -2.26. The molecule has 0 aromatic rings. The molecule has 70 valence electrons. The van der Waals surface area contributed by atoms with Crippen LogP contribution in [0.4, 0.5) is 0 Å². The van der Waals surface area contributed by atoms with Gasteiger partial charge in [-0.3, -0.25) is 4.79 Å². The largest absolute Gasteiger partial charge is 0.369 e. The Morgan fingerprint density at radius 2 is 2.00 bits per heavy atom. The normalized spacial score (nSPS) is 31.1. The molecule has 1 fully saturated rings. The summed E-state index contributed by atoms with van der Waals surface area (Å²) in [5.41, 5.74) is 10.9. The van der Waals surface area contributed by atoms with E-state index in [4.69, 9.17) is 11.5 Å². The summed E-state index contributed by atoms with van der Waals surface area (Å²) in [7, 11) is 0. The minimum atomic E-state index is -0.143. The van der Waals surface area contributed by atoms with Crippen molar-refractivity contribution in [2.75, 3.05) is 6.54 Å². The Kier molecular flexibility index (Phi) is 3.53. The third-order valence-corrected chi connectivity index (χ3v) is 2.77. The summed E-state index contributed by atoms with van der Waals surface area (Å²) < 4.78 is 0. The van der Waals surface area contributed by atoms with Crippen LogP contribution in [0.25, 0.3) is 0 Å². The van der Waals surface area contributed by atoms with E-state index in [0.717, 1.165) is 19.3 Å². The number of hydrogen-bond acceptors (Lipinski definition) is 2. The van der Waals surface area contributed by atoms with E-state index in [9.17, 15) is 4.79 Å². The van der Waals surface area contributed by atoms with Gasteiger partial charge in [-0.05, 0) is 31.7 Å². The van der Waals surface area contributed by atoms with Crippen LogP contribution < -0.4 is 11.5 Å². The maximum absolute atomic E-state index is 11.0. The van der Waals surface area contributed by atoms with Gasteiger partial charge in [-0.15, -0.1) is 0 Å². The molecule has 0 spiro atoms.